The molecule has 3 amide bonds. The molecule has 11 nitrogen and oxygen atoms in total. The van der Waals surface area contributed by atoms with E-state index in [2.05, 4.69) is 13.2 Å². The third-order valence-electron chi connectivity index (χ3n) is 10.7. The maximum absolute atomic E-state index is 14.8. The molecular formula is C39H49N3O8. The number of benzene rings is 2. The minimum Gasteiger partial charge on any atom is -0.497 e. The van der Waals surface area contributed by atoms with E-state index >= 15 is 0 Å². The van der Waals surface area contributed by atoms with Gasteiger partial charge in [-0.3, -0.25) is 19.2 Å². The molecule has 1 spiro atoms. The number of likely N-dealkylation sites (N-methyl/N-ethyl adjacent to an activating group) is 1. The van der Waals surface area contributed by atoms with E-state index in [4.69, 9.17) is 14.2 Å². The number of rotatable bonds is 16. The molecule has 11 heteroatoms. The maximum Gasteiger partial charge on any atom is 0.313 e. The van der Waals surface area contributed by atoms with Crippen molar-refractivity contribution in [3.63, 3.8) is 0 Å². The summed E-state index contributed by atoms with van der Waals surface area (Å²) in [6.45, 7) is 11.0. The molecule has 268 valence electrons. The predicted octanol–water partition coefficient (Wildman–Crippen LogP) is 4.46. The lowest BCUT2D eigenvalue weighted by atomic mass is 9.70. The highest BCUT2D eigenvalue weighted by molar-refractivity contribution is 6.05. The molecule has 0 radical (unpaired) electrons. The number of amides is 3. The van der Waals surface area contributed by atoms with Gasteiger partial charge >= 0.3 is 5.97 Å². The zero-order chi connectivity index (χ0) is 36.2. The van der Waals surface area contributed by atoms with Crippen molar-refractivity contribution < 1.29 is 38.5 Å². The van der Waals surface area contributed by atoms with Gasteiger partial charge in [0.1, 0.15) is 23.5 Å². The molecule has 3 fully saturated rings. The van der Waals surface area contributed by atoms with Crippen molar-refractivity contribution in [2.24, 2.45) is 11.8 Å². The van der Waals surface area contributed by atoms with Gasteiger partial charge in [0.25, 0.3) is 5.91 Å². The Morgan fingerprint density at radius 3 is 2.42 bits per heavy atom. The number of carbonyl (C=O) groups is 4. The Labute approximate surface area is 294 Å². The highest BCUT2D eigenvalue weighted by Gasteiger charge is 2.75. The number of methoxy groups -OCH3 is 1. The minimum absolute atomic E-state index is 0.116. The molecule has 0 aliphatic carbocycles. The molecule has 3 saturated heterocycles. The fourth-order valence-electron chi connectivity index (χ4n) is 7.93. The fraction of sp³-hybridized carbons (Fsp3) is 0.487. The highest BCUT2D eigenvalue weighted by Crippen LogP contribution is 2.59. The van der Waals surface area contributed by atoms with Gasteiger partial charge < -0.3 is 34.0 Å². The molecule has 0 aromatic heterocycles. The van der Waals surface area contributed by atoms with Crippen LogP contribution in [0.2, 0.25) is 0 Å². The Hall–Kier alpha value is -4.48. The van der Waals surface area contributed by atoms with Crippen molar-refractivity contribution in [1.29, 1.82) is 0 Å². The first-order chi connectivity index (χ1) is 24.1. The molecule has 2 bridgehead atoms. The lowest BCUT2D eigenvalue weighted by Crippen LogP contribution is -2.59. The third kappa shape index (κ3) is 6.56. The number of hydrogen-bond donors (Lipinski definition) is 1. The van der Waals surface area contributed by atoms with Gasteiger partial charge in [-0.2, -0.15) is 0 Å². The Balaban J connectivity index is 1.51. The molecule has 50 heavy (non-hydrogen) atoms. The van der Waals surface area contributed by atoms with Gasteiger partial charge in [-0.15, -0.1) is 13.2 Å². The molecule has 2 aromatic carbocycles. The van der Waals surface area contributed by atoms with E-state index in [9.17, 15) is 24.3 Å². The Morgan fingerprint density at radius 2 is 1.82 bits per heavy atom. The predicted molar refractivity (Wildman–Crippen MR) is 188 cm³/mol. The first-order valence-corrected chi connectivity index (χ1v) is 17.4. The first-order valence-electron chi connectivity index (χ1n) is 17.4. The van der Waals surface area contributed by atoms with Crippen LogP contribution in [0.25, 0.3) is 0 Å². The van der Waals surface area contributed by atoms with Crippen LogP contribution in [-0.4, -0.2) is 95.7 Å². The Kier molecular flexibility index (Phi) is 11.5. The summed E-state index contributed by atoms with van der Waals surface area (Å²) >= 11 is 0. The number of fused-ring (bicyclic) bond motifs is 1. The first kappa shape index (κ1) is 36.8. The molecule has 3 heterocycles. The summed E-state index contributed by atoms with van der Waals surface area (Å²) < 4.78 is 18.3. The monoisotopic (exact) mass is 687 g/mol. The van der Waals surface area contributed by atoms with E-state index in [0.29, 0.717) is 42.7 Å². The molecular weight excluding hydrogens is 638 g/mol. The summed E-state index contributed by atoms with van der Waals surface area (Å²) in [6, 6.07) is 13.9. The Bertz CT molecular complexity index is 1560. The van der Waals surface area contributed by atoms with Gasteiger partial charge in [-0.25, -0.2) is 0 Å². The molecule has 8 atom stereocenters. The zero-order valence-corrected chi connectivity index (χ0v) is 29.4. The van der Waals surface area contributed by atoms with E-state index < -0.39 is 59.6 Å². The largest absolute Gasteiger partial charge is 0.497 e. The van der Waals surface area contributed by atoms with Gasteiger partial charge in [-0.05, 0) is 62.4 Å². The second-order valence-corrected chi connectivity index (χ2v) is 13.3. The zero-order valence-electron chi connectivity index (χ0n) is 29.4. The van der Waals surface area contributed by atoms with Gasteiger partial charge in [-0.1, -0.05) is 49.4 Å². The van der Waals surface area contributed by atoms with Gasteiger partial charge in [0.05, 0.1) is 43.7 Å². The molecule has 5 rings (SSSR count). The number of nitrogens with zero attached hydrogens (tertiary/aromatic N) is 3. The molecule has 2 aromatic rings. The van der Waals surface area contributed by atoms with E-state index in [0.717, 1.165) is 0 Å². The van der Waals surface area contributed by atoms with Crippen molar-refractivity contribution in [2.75, 3.05) is 32.2 Å². The quantitative estimate of drug-likeness (QED) is 0.203. The molecule has 3 aliphatic heterocycles. The summed E-state index contributed by atoms with van der Waals surface area (Å²) in [5.41, 5.74) is -0.0220. The van der Waals surface area contributed by atoms with Crippen molar-refractivity contribution in [3.05, 3.63) is 85.5 Å². The average molecular weight is 688 g/mol. The number of hydrogen-bond acceptors (Lipinski definition) is 8. The average Bonchev–Trinajstić information content (AvgIpc) is 3.79. The van der Waals surface area contributed by atoms with Crippen LogP contribution in [0.3, 0.4) is 0 Å². The van der Waals surface area contributed by atoms with Gasteiger partial charge in [0.2, 0.25) is 11.8 Å². The summed E-state index contributed by atoms with van der Waals surface area (Å²) in [4.78, 5) is 61.4. The second-order valence-electron chi connectivity index (χ2n) is 13.3. The number of esters is 1. The van der Waals surface area contributed by atoms with Crippen LogP contribution in [0.15, 0.2) is 79.9 Å². The van der Waals surface area contributed by atoms with Crippen LogP contribution in [0.4, 0.5) is 5.69 Å². The standard InChI is InChI=1S/C39H49N3O8/c1-7-10-16-31(44)40(5)25(4)34(26-14-12-11-13-15-26)49-38(47)32-30-21-22-39(50-30)33(32)36(45)42(27(9-3)24-43)35(39)37(46)41(23-8-2)28-17-19-29(48-6)20-18-28/h7-8,11-15,17-20,25,27,30,32-35,43H,1-2,9-10,16,21-24H2,3-6H3/t25-,27+,30+,32-,33-,34+,35+,39-/m1/s1. The lowest BCUT2D eigenvalue weighted by molar-refractivity contribution is -0.165. The summed E-state index contributed by atoms with van der Waals surface area (Å²) in [5.74, 6) is -2.89. The van der Waals surface area contributed by atoms with Gasteiger partial charge in [0, 0.05) is 25.7 Å². The molecule has 3 aliphatic rings. The molecule has 1 N–H and O–H groups in total. The van der Waals surface area contributed by atoms with Crippen LogP contribution < -0.4 is 9.64 Å². The third-order valence-corrected chi connectivity index (χ3v) is 10.7. The van der Waals surface area contributed by atoms with Crippen molar-refractivity contribution in [3.8, 4) is 5.75 Å². The van der Waals surface area contributed by atoms with E-state index in [1.165, 1.54) is 4.90 Å². The number of ether oxygens (including phenoxy) is 3. The highest BCUT2D eigenvalue weighted by atomic mass is 16.6. The van der Waals surface area contributed by atoms with E-state index in [1.807, 2.05) is 44.2 Å². The smallest absolute Gasteiger partial charge is 0.313 e. The van der Waals surface area contributed by atoms with Crippen molar-refractivity contribution in [2.45, 2.75) is 81.9 Å². The van der Waals surface area contributed by atoms with Gasteiger partial charge in [0.15, 0.2) is 0 Å². The fourth-order valence-corrected chi connectivity index (χ4v) is 7.93. The Morgan fingerprint density at radius 1 is 1.12 bits per heavy atom. The number of carbonyl (C=O) groups excluding carboxylic acids is 4. The van der Waals surface area contributed by atoms with Crippen LogP contribution in [0, 0.1) is 11.8 Å². The van der Waals surface area contributed by atoms with E-state index in [1.54, 1.807) is 60.4 Å². The van der Waals surface area contributed by atoms with Crippen LogP contribution in [0.5, 0.6) is 5.75 Å². The summed E-state index contributed by atoms with van der Waals surface area (Å²) in [6.07, 6.45) is 3.83. The number of likely N-dealkylation sites (tertiary alicyclic amines) is 1. The van der Waals surface area contributed by atoms with Crippen molar-refractivity contribution in [1.82, 2.24) is 9.80 Å². The topological polar surface area (TPSA) is 126 Å². The second kappa shape index (κ2) is 15.6. The number of aliphatic hydroxyl groups is 1. The van der Waals surface area contributed by atoms with E-state index in [-0.39, 0.29) is 31.4 Å². The minimum atomic E-state index is -1.30. The molecule has 0 unspecified atom stereocenters. The number of aliphatic hydroxyl groups excluding tert-OH is 1. The normalized spacial score (nSPS) is 25.3. The summed E-state index contributed by atoms with van der Waals surface area (Å²) in [5, 5.41) is 10.5. The van der Waals surface area contributed by atoms with Crippen molar-refractivity contribution >= 4 is 29.4 Å². The SMILES string of the molecule is C=CCCC(=O)N(C)[C@H](C)[C@H](OC(=O)[C@@H]1[C@@H]2CC[C@]3(O2)[C@H](C(=O)N(CC=C)c2ccc(OC)cc2)N([C@@H](CC)CO)C(=O)[C@@H]13)c1ccccc1. The maximum atomic E-state index is 14.8. The van der Waals surface area contributed by atoms with Crippen LogP contribution >= 0.6 is 0 Å². The number of anilines is 1. The number of allylic oxidation sites excluding steroid dienone is 1. The summed E-state index contributed by atoms with van der Waals surface area (Å²) in [7, 11) is 3.24. The van der Waals surface area contributed by atoms with Crippen LogP contribution in [-0.2, 0) is 28.7 Å². The lowest BCUT2D eigenvalue weighted by Gasteiger charge is -2.39. The molecule has 0 saturated carbocycles. The van der Waals surface area contributed by atoms with Crippen LogP contribution in [0.1, 0.15) is 57.6 Å².